The molecule has 1 fully saturated rings. The van der Waals surface area contributed by atoms with Gasteiger partial charge in [-0.3, -0.25) is 0 Å². The summed E-state index contributed by atoms with van der Waals surface area (Å²) in [7, 11) is 0. The average molecular weight is 275 g/mol. The Labute approximate surface area is 96.2 Å². The maximum atomic E-state index is 13.3. The van der Waals surface area contributed by atoms with Crippen LogP contribution in [0.1, 0.15) is 19.3 Å². The van der Waals surface area contributed by atoms with Gasteiger partial charge in [-0.15, -0.1) is 0 Å². The molecule has 1 aliphatic rings. The van der Waals surface area contributed by atoms with Gasteiger partial charge in [-0.1, -0.05) is 15.9 Å². The van der Waals surface area contributed by atoms with E-state index >= 15 is 0 Å². The van der Waals surface area contributed by atoms with Gasteiger partial charge in [0, 0.05) is 4.47 Å². The van der Waals surface area contributed by atoms with Crippen LogP contribution in [0.5, 0.6) is 5.75 Å². The summed E-state index contributed by atoms with van der Waals surface area (Å²) >= 11 is 3.25. The number of benzene rings is 1. The van der Waals surface area contributed by atoms with Gasteiger partial charge in [0.1, 0.15) is 6.10 Å². The first-order valence-corrected chi connectivity index (χ1v) is 5.76. The highest BCUT2D eigenvalue weighted by molar-refractivity contribution is 9.10. The summed E-state index contributed by atoms with van der Waals surface area (Å²) in [6, 6.07) is 4.55. The van der Waals surface area contributed by atoms with Crippen molar-refractivity contribution in [1.82, 2.24) is 0 Å². The molecule has 15 heavy (non-hydrogen) atoms. The fraction of sp³-hybridized carbons (Fsp3) is 0.455. The van der Waals surface area contributed by atoms with E-state index in [-0.39, 0.29) is 11.9 Å². The molecule has 0 unspecified atom stereocenters. The van der Waals surface area contributed by atoms with Crippen molar-refractivity contribution in [2.45, 2.75) is 31.5 Å². The van der Waals surface area contributed by atoms with Gasteiger partial charge in [-0.2, -0.15) is 0 Å². The van der Waals surface area contributed by atoms with Crippen LogP contribution >= 0.6 is 15.9 Å². The SMILES string of the molecule is O[C@H]1CCC[C@@H]1Oc1cc(Br)ccc1F. The molecule has 1 aromatic rings. The Hall–Kier alpha value is -0.610. The minimum absolute atomic E-state index is 0.204. The van der Waals surface area contributed by atoms with E-state index in [1.54, 1.807) is 12.1 Å². The Kier molecular flexibility index (Phi) is 3.26. The minimum Gasteiger partial charge on any atom is -0.485 e. The molecule has 4 heteroatoms. The first kappa shape index (κ1) is 10.9. The summed E-state index contributed by atoms with van der Waals surface area (Å²) in [6.07, 6.45) is 1.71. The van der Waals surface area contributed by atoms with Crippen molar-refractivity contribution in [3.05, 3.63) is 28.5 Å². The largest absolute Gasteiger partial charge is 0.485 e. The van der Waals surface area contributed by atoms with Crippen LogP contribution in [0.2, 0.25) is 0 Å². The summed E-state index contributed by atoms with van der Waals surface area (Å²) < 4.78 is 19.5. The molecule has 0 aliphatic heterocycles. The van der Waals surface area contributed by atoms with Gasteiger partial charge in [0.05, 0.1) is 6.10 Å². The molecule has 2 nitrogen and oxygen atoms in total. The molecule has 1 aromatic carbocycles. The second-order valence-electron chi connectivity index (χ2n) is 3.73. The fourth-order valence-corrected chi connectivity index (χ4v) is 2.11. The third kappa shape index (κ3) is 2.49. The summed E-state index contributed by atoms with van der Waals surface area (Å²) in [5.41, 5.74) is 0. The lowest BCUT2D eigenvalue weighted by atomic mass is 10.2. The van der Waals surface area contributed by atoms with Crippen LogP contribution in [0.15, 0.2) is 22.7 Å². The summed E-state index contributed by atoms with van der Waals surface area (Å²) in [4.78, 5) is 0. The standard InChI is InChI=1S/C11H12BrFO2/c12-7-4-5-8(13)11(6-7)15-10-3-1-2-9(10)14/h4-6,9-10,14H,1-3H2/t9-,10-/m0/s1. The van der Waals surface area contributed by atoms with Crippen molar-refractivity contribution in [3.63, 3.8) is 0 Å². The lowest BCUT2D eigenvalue weighted by Crippen LogP contribution is -2.25. The number of aliphatic hydroxyl groups excluding tert-OH is 1. The molecule has 82 valence electrons. The van der Waals surface area contributed by atoms with E-state index in [0.29, 0.717) is 0 Å². The van der Waals surface area contributed by atoms with E-state index in [4.69, 9.17) is 4.74 Å². The maximum absolute atomic E-state index is 13.3. The van der Waals surface area contributed by atoms with Crippen LogP contribution in [0.3, 0.4) is 0 Å². The molecule has 0 saturated heterocycles. The zero-order chi connectivity index (χ0) is 10.8. The van der Waals surface area contributed by atoms with Crippen molar-refractivity contribution in [3.8, 4) is 5.75 Å². The first-order chi connectivity index (χ1) is 7.16. The second-order valence-corrected chi connectivity index (χ2v) is 4.64. The molecule has 0 amide bonds. The summed E-state index contributed by atoms with van der Waals surface area (Å²) in [5, 5.41) is 9.55. The highest BCUT2D eigenvalue weighted by Crippen LogP contribution is 2.28. The zero-order valence-electron chi connectivity index (χ0n) is 8.12. The molecular formula is C11H12BrFO2. The fourth-order valence-electron chi connectivity index (χ4n) is 1.77. The highest BCUT2D eigenvalue weighted by Gasteiger charge is 2.27. The summed E-state index contributed by atoms with van der Waals surface area (Å²) in [6.45, 7) is 0. The highest BCUT2D eigenvalue weighted by atomic mass is 79.9. The summed E-state index contributed by atoms with van der Waals surface area (Å²) in [5.74, 6) is -0.187. The smallest absolute Gasteiger partial charge is 0.165 e. The number of aliphatic hydroxyl groups is 1. The predicted molar refractivity (Wildman–Crippen MR) is 58.4 cm³/mol. The van der Waals surface area contributed by atoms with Crippen molar-refractivity contribution in [2.24, 2.45) is 0 Å². The maximum Gasteiger partial charge on any atom is 0.165 e. The van der Waals surface area contributed by atoms with Crippen molar-refractivity contribution < 1.29 is 14.2 Å². The second kappa shape index (κ2) is 4.49. The van der Waals surface area contributed by atoms with Gasteiger partial charge in [0.15, 0.2) is 11.6 Å². The molecule has 0 heterocycles. The predicted octanol–water partition coefficient (Wildman–Crippen LogP) is 2.88. The van der Waals surface area contributed by atoms with Crippen LogP contribution in [0.4, 0.5) is 4.39 Å². The van der Waals surface area contributed by atoms with Gasteiger partial charge >= 0.3 is 0 Å². The van der Waals surface area contributed by atoms with E-state index in [1.807, 2.05) is 0 Å². The molecule has 1 saturated carbocycles. The van der Waals surface area contributed by atoms with Gasteiger partial charge in [0.2, 0.25) is 0 Å². The Morgan fingerprint density at radius 3 is 2.87 bits per heavy atom. The average Bonchev–Trinajstić information content (AvgIpc) is 2.58. The van der Waals surface area contributed by atoms with Crippen LogP contribution in [0.25, 0.3) is 0 Å². The Bertz CT molecular complexity index is 356. The normalized spacial score (nSPS) is 25.5. The number of hydrogen-bond donors (Lipinski definition) is 1. The van der Waals surface area contributed by atoms with Crippen molar-refractivity contribution in [1.29, 1.82) is 0 Å². The molecule has 2 rings (SSSR count). The Morgan fingerprint density at radius 2 is 2.20 bits per heavy atom. The number of rotatable bonds is 2. The quantitative estimate of drug-likeness (QED) is 0.899. The van der Waals surface area contributed by atoms with E-state index in [2.05, 4.69) is 15.9 Å². The molecule has 0 spiro atoms. The third-order valence-corrected chi connectivity index (χ3v) is 3.08. The van der Waals surface area contributed by atoms with Crippen molar-refractivity contribution in [2.75, 3.05) is 0 Å². The molecule has 0 radical (unpaired) electrons. The zero-order valence-corrected chi connectivity index (χ0v) is 9.71. The first-order valence-electron chi connectivity index (χ1n) is 4.96. The third-order valence-electron chi connectivity index (χ3n) is 2.59. The van der Waals surface area contributed by atoms with E-state index in [9.17, 15) is 9.50 Å². The number of hydrogen-bond acceptors (Lipinski definition) is 2. The van der Waals surface area contributed by atoms with E-state index in [1.165, 1.54) is 6.07 Å². The molecular weight excluding hydrogens is 263 g/mol. The molecule has 0 bridgehead atoms. The van der Waals surface area contributed by atoms with Gasteiger partial charge in [-0.25, -0.2) is 4.39 Å². The van der Waals surface area contributed by atoms with Crippen LogP contribution in [-0.2, 0) is 0 Å². The van der Waals surface area contributed by atoms with E-state index in [0.717, 1.165) is 23.7 Å². The van der Waals surface area contributed by atoms with Crippen LogP contribution in [0, 0.1) is 5.82 Å². The Morgan fingerprint density at radius 1 is 1.40 bits per heavy atom. The van der Waals surface area contributed by atoms with Crippen LogP contribution in [-0.4, -0.2) is 17.3 Å². The molecule has 2 atom stereocenters. The number of ether oxygens (including phenoxy) is 1. The van der Waals surface area contributed by atoms with Crippen LogP contribution < -0.4 is 4.74 Å². The van der Waals surface area contributed by atoms with Gasteiger partial charge in [0.25, 0.3) is 0 Å². The minimum atomic E-state index is -0.469. The Balaban J connectivity index is 2.12. The monoisotopic (exact) mass is 274 g/mol. The van der Waals surface area contributed by atoms with Crippen molar-refractivity contribution >= 4 is 15.9 Å². The number of halogens is 2. The molecule has 0 aromatic heterocycles. The molecule has 1 aliphatic carbocycles. The van der Waals surface area contributed by atoms with Gasteiger partial charge in [-0.05, 0) is 37.5 Å². The topological polar surface area (TPSA) is 29.5 Å². The van der Waals surface area contributed by atoms with E-state index < -0.39 is 11.9 Å². The van der Waals surface area contributed by atoms with Gasteiger partial charge < -0.3 is 9.84 Å². The lowest BCUT2D eigenvalue weighted by Gasteiger charge is -2.17. The molecule has 1 N–H and O–H groups in total. The lowest BCUT2D eigenvalue weighted by molar-refractivity contribution is 0.0578.